The van der Waals surface area contributed by atoms with Gasteiger partial charge in [-0.3, -0.25) is 9.89 Å². The predicted octanol–water partition coefficient (Wildman–Crippen LogP) is 2.31. The van der Waals surface area contributed by atoms with Crippen LogP contribution in [0.25, 0.3) is 0 Å². The van der Waals surface area contributed by atoms with Crippen LogP contribution in [0.2, 0.25) is 0 Å². The number of nitrogens with zero attached hydrogens (tertiary/aromatic N) is 3. The van der Waals surface area contributed by atoms with E-state index < -0.39 is 17.7 Å². The molecule has 1 aliphatic rings. The molecule has 1 aromatic heterocycles. The summed E-state index contributed by atoms with van der Waals surface area (Å²) in [5.41, 5.74) is 6.39. The lowest BCUT2D eigenvalue weighted by Gasteiger charge is -2.31. The molecule has 0 aromatic carbocycles. The Kier molecular flexibility index (Phi) is 6.55. The maximum absolute atomic E-state index is 12.5. The number of fused-ring (bicyclic) bond motifs is 1. The first-order valence-electron chi connectivity index (χ1n) is 8.85. The summed E-state index contributed by atoms with van der Waals surface area (Å²) in [6, 6.07) is 3.88. The maximum atomic E-state index is 12.5. The minimum atomic E-state index is -1.12. The Bertz CT molecular complexity index is 765. The molecule has 0 radical (unpaired) electrons. The van der Waals surface area contributed by atoms with E-state index in [-0.39, 0.29) is 5.57 Å². The van der Waals surface area contributed by atoms with Crippen LogP contribution in [0.3, 0.4) is 0 Å². The third-order valence-corrected chi connectivity index (χ3v) is 3.86. The molecule has 146 valence electrons. The molecule has 1 aromatic rings. The van der Waals surface area contributed by atoms with Crippen LogP contribution in [0, 0.1) is 0 Å². The van der Waals surface area contributed by atoms with Crippen LogP contribution in [-0.4, -0.2) is 47.1 Å². The summed E-state index contributed by atoms with van der Waals surface area (Å²) in [4.78, 5) is 33.6. The van der Waals surface area contributed by atoms with E-state index in [4.69, 9.17) is 15.6 Å². The number of aliphatic imine (C=N–C) groups is 1. The van der Waals surface area contributed by atoms with Crippen molar-refractivity contribution in [3.8, 4) is 0 Å². The number of carbonyl (C=O) groups excluding carboxylic acids is 1. The highest BCUT2D eigenvalue weighted by Crippen LogP contribution is 2.27. The summed E-state index contributed by atoms with van der Waals surface area (Å²) in [5.74, 6) is -0.494. The van der Waals surface area contributed by atoms with Gasteiger partial charge in [0.1, 0.15) is 11.4 Å². The summed E-state index contributed by atoms with van der Waals surface area (Å²) in [5, 5.41) is 8.88. The number of aromatic nitrogens is 1. The second-order valence-electron chi connectivity index (χ2n) is 7.23. The van der Waals surface area contributed by atoms with Gasteiger partial charge in [0.25, 0.3) is 0 Å². The van der Waals surface area contributed by atoms with Gasteiger partial charge in [0.2, 0.25) is 0 Å². The molecular weight excluding hydrogens is 348 g/mol. The number of carbonyl (C=O) groups is 2. The number of rotatable bonds is 5. The van der Waals surface area contributed by atoms with E-state index in [1.54, 1.807) is 4.90 Å². The highest BCUT2D eigenvalue weighted by Gasteiger charge is 2.28. The number of pyridine rings is 1. The zero-order chi connectivity index (χ0) is 20.0. The van der Waals surface area contributed by atoms with Crippen LogP contribution in [0.15, 0.2) is 28.9 Å². The Morgan fingerprint density at radius 1 is 1.41 bits per heavy atom. The second-order valence-corrected chi connectivity index (χ2v) is 7.23. The Hall–Kier alpha value is -2.90. The number of anilines is 1. The van der Waals surface area contributed by atoms with Gasteiger partial charge in [0, 0.05) is 37.6 Å². The number of hydrogen-bond donors (Lipinski definition) is 2. The lowest BCUT2D eigenvalue weighted by atomic mass is 10.1. The van der Waals surface area contributed by atoms with Crippen molar-refractivity contribution >= 4 is 24.1 Å². The Morgan fingerprint density at radius 2 is 2.15 bits per heavy atom. The van der Waals surface area contributed by atoms with E-state index >= 15 is 0 Å². The van der Waals surface area contributed by atoms with Gasteiger partial charge in [-0.05, 0) is 45.2 Å². The zero-order valence-electron chi connectivity index (χ0n) is 15.9. The Morgan fingerprint density at radius 3 is 2.78 bits per heavy atom. The van der Waals surface area contributed by atoms with Crippen molar-refractivity contribution < 1.29 is 19.4 Å². The predicted molar refractivity (Wildman–Crippen MR) is 103 cm³/mol. The number of hydrogen-bond acceptors (Lipinski definition) is 6. The first-order chi connectivity index (χ1) is 12.7. The number of aliphatic carboxylic acids is 1. The molecule has 1 aliphatic heterocycles. The number of nitrogens with two attached hydrogens (primary N) is 1. The maximum Gasteiger partial charge on any atom is 0.416 e. The normalized spacial score (nSPS) is 14.9. The monoisotopic (exact) mass is 374 g/mol. The molecule has 2 heterocycles. The fraction of sp³-hybridized carbons (Fsp3) is 0.474. The topological polar surface area (TPSA) is 118 Å². The fourth-order valence-corrected chi connectivity index (χ4v) is 2.62. The lowest BCUT2D eigenvalue weighted by Crippen LogP contribution is -2.40. The molecule has 0 spiro atoms. The van der Waals surface area contributed by atoms with Gasteiger partial charge in [-0.25, -0.2) is 14.6 Å². The van der Waals surface area contributed by atoms with Crippen LogP contribution < -0.4 is 10.6 Å². The smallest absolute Gasteiger partial charge is 0.416 e. The minimum Gasteiger partial charge on any atom is -0.478 e. The standard InChI is InChI=1S/C19H26N4O4/c1-19(2,3)27-18(26)23-10-4-5-13-6-7-15(22-16(13)23)8-9-21-12-14(11-20)17(24)25/h6-7,11-12H,4-5,8-10,20H2,1-3H3,(H,24,25). The van der Waals surface area contributed by atoms with Crippen molar-refractivity contribution in [1.82, 2.24) is 4.98 Å². The molecule has 2 rings (SSSR count). The number of carboxylic acid groups (broad SMARTS) is 1. The second kappa shape index (κ2) is 8.66. The summed E-state index contributed by atoms with van der Waals surface area (Å²) in [6.07, 6.45) is 4.08. The molecule has 0 atom stereocenters. The van der Waals surface area contributed by atoms with Gasteiger partial charge in [0.05, 0.1) is 5.57 Å². The van der Waals surface area contributed by atoms with Gasteiger partial charge in [-0.15, -0.1) is 0 Å². The first kappa shape index (κ1) is 20.4. The fourth-order valence-electron chi connectivity index (χ4n) is 2.62. The van der Waals surface area contributed by atoms with E-state index in [1.807, 2.05) is 32.9 Å². The number of aryl methyl sites for hydroxylation is 1. The van der Waals surface area contributed by atoms with Gasteiger partial charge in [-0.1, -0.05) is 6.07 Å². The first-order valence-corrected chi connectivity index (χ1v) is 8.85. The van der Waals surface area contributed by atoms with Crippen LogP contribution in [0.4, 0.5) is 10.6 Å². The highest BCUT2D eigenvalue weighted by atomic mass is 16.6. The number of carboxylic acids is 1. The van der Waals surface area contributed by atoms with Crippen molar-refractivity contribution in [3.63, 3.8) is 0 Å². The molecule has 0 aliphatic carbocycles. The number of amides is 1. The Balaban J connectivity index is 2.09. The van der Waals surface area contributed by atoms with E-state index in [9.17, 15) is 9.59 Å². The van der Waals surface area contributed by atoms with Crippen molar-refractivity contribution in [3.05, 3.63) is 35.2 Å². The third kappa shape index (κ3) is 5.80. The molecule has 1 amide bonds. The molecule has 3 N–H and O–H groups in total. The van der Waals surface area contributed by atoms with Gasteiger partial charge < -0.3 is 15.6 Å². The summed E-state index contributed by atoms with van der Waals surface area (Å²) in [6.45, 7) is 6.43. The van der Waals surface area contributed by atoms with E-state index in [2.05, 4.69) is 9.98 Å². The van der Waals surface area contributed by atoms with E-state index in [0.717, 1.165) is 30.3 Å². The zero-order valence-corrected chi connectivity index (χ0v) is 15.9. The highest BCUT2D eigenvalue weighted by molar-refractivity contribution is 6.08. The molecule has 8 heteroatoms. The Labute approximate surface area is 158 Å². The molecule has 0 saturated heterocycles. The molecule has 27 heavy (non-hydrogen) atoms. The van der Waals surface area contributed by atoms with Gasteiger partial charge >= 0.3 is 12.1 Å². The lowest BCUT2D eigenvalue weighted by molar-refractivity contribution is -0.132. The summed E-state index contributed by atoms with van der Waals surface area (Å²) < 4.78 is 5.48. The molecule has 0 unspecified atom stereocenters. The van der Waals surface area contributed by atoms with Crippen molar-refractivity contribution in [2.75, 3.05) is 18.0 Å². The molecule has 0 saturated carbocycles. The largest absolute Gasteiger partial charge is 0.478 e. The number of ether oxygens (including phenoxy) is 1. The van der Waals surface area contributed by atoms with Crippen LogP contribution in [-0.2, 0) is 22.4 Å². The third-order valence-electron chi connectivity index (χ3n) is 3.86. The van der Waals surface area contributed by atoms with Crippen molar-refractivity contribution in [1.29, 1.82) is 0 Å². The average molecular weight is 374 g/mol. The van der Waals surface area contributed by atoms with Crippen molar-refractivity contribution in [2.24, 2.45) is 10.7 Å². The van der Waals surface area contributed by atoms with Gasteiger partial charge in [0.15, 0.2) is 0 Å². The SMILES string of the molecule is CC(C)(C)OC(=O)N1CCCc2ccc(CCN=CC(=CN)C(=O)O)nc21. The molecule has 0 fully saturated rings. The molecule has 8 nitrogen and oxygen atoms in total. The average Bonchev–Trinajstić information content (AvgIpc) is 2.59. The van der Waals surface area contributed by atoms with Crippen LogP contribution in [0.5, 0.6) is 0 Å². The van der Waals surface area contributed by atoms with E-state index in [1.165, 1.54) is 6.21 Å². The van der Waals surface area contributed by atoms with E-state index in [0.29, 0.717) is 25.3 Å². The summed E-state index contributed by atoms with van der Waals surface area (Å²) in [7, 11) is 0. The minimum absolute atomic E-state index is 0.0653. The summed E-state index contributed by atoms with van der Waals surface area (Å²) >= 11 is 0. The van der Waals surface area contributed by atoms with Gasteiger partial charge in [-0.2, -0.15) is 0 Å². The molecular formula is C19H26N4O4. The molecule has 0 bridgehead atoms. The van der Waals surface area contributed by atoms with Crippen molar-refractivity contribution in [2.45, 2.75) is 45.6 Å². The van der Waals surface area contributed by atoms with Crippen LogP contribution in [0.1, 0.15) is 38.4 Å². The quantitative estimate of drug-likeness (QED) is 0.603. The van der Waals surface area contributed by atoms with Crippen LogP contribution >= 0.6 is 0 Å².